The van der Waals surface area contributed by atoms with Crippen molar-refractivity contribution in [2.75, 3.05) is 34.5 Å². The minimum absolute atomic E-state index is 0.0334. The standard InChI is InChI=1S/C22H24ClNO6/c1-27-19-10-14-8-9-24(21(25)13-30-16-6-4-15(23)5-7-16)18(12-22(26)29-3)17(14)11-20(19)28-2/h4-7,10-11,18H,8-9,12-13H2,1-3H3/t18-/m0/s1. The number of benzene rings is 2. The van der Waals surface area contributed by atoms with E-state index in [1.807, 2.05) is 12.1 Å². The molecule has 0 N–H and O–H groups in total. The average molecular weight is 434 g/mol. The van der Waals surface area contributed by atoms with Crippen LogP contribution in [-0.4, -0.2) is 51.3 Å². The van der Waals surface area contributed by atoms with Crippen LogP contribution < -0.4 is 14.2 Å². The molecule has 2 aromatic rings. The van der Waals surface area contributed by atoms with Gasteiger partial charge in [0.05, 0.1) is 33.8 Å². The van der Waals surface area contributed by atoms with Crippen molar-refractivity contribution in [1.29, 1.82) is 0 Å². The Morgan fingerprint density at radius 1 is 1.07 bits per heavy atom. The lowest BCUT2D eigenvalue weighted by Gasteiger charge is -2.37. The fraction of sp³-hybridized carbons (Fsp3) is 0.364. The van der Waals surface area contributed by atoms with E-state index in [1.54, 1.807) is 43.4 Å². The molecule has 2 aromatic carbocycles. The fourth-order valence-electron chi connectivity index (χ4n) is 3.55. The van der Waals surface area contributed by atoms with Gasteiger partial charge in [0, 0.05) is 11.6 Å². The van der Waals surface area contributed by atoms with E-state index in [0.717, 1.165) is 11.1 Å². The molecule has 0 aromatic heterocycles. The summed E-state index contributed by atoms with van der Waals surface area (Å²) in [6.45, 7) is 0.300. The van der Waals surface area contributed by atoms with Gasteiger partial charge in [-0.3, -0.25) is 9.59 Å². The summed E-state index contributed by atoms with van der Waals surface area (Å²) >= 11 is 5.88. The van der Waals surface area contributed by atoms with Gasteiger partial charge >= 0.3 is 5.97 Å². The highest BCUT2D eigenvalue weighted by atomic mass is 35.5. The second kappa shape index (κ2) is 9.71. The maximum atomic E-state index is 13.0. The molecule has 0 spiro atoms. The zero-order valence-corrected chi connectivity index (χ0v) is 17.9. The quantitative estimate of drug-likeness (QED) is 0.623. The monoisotopic (exact) mass is 433 g/mol. The van der Waals surface area contributed by atoms with Gasteiger partial charge in [-0.1, -0.05) is 11.6 Å². The minimum Gasteiger partial charge on any atom is -0.493 e. The van der Waals surface area contributed by atoms with Gasteiger partial charge in [0.25, 0.3) is 5.91 Å². The highest BCUT2D eigenvalue weighted by molar-refractivity contribution is 6.30. The second-order valence-electron chi connectivity index (χ2n) is 6.78. The van der Waals surface area contributed by atoms with E-state index in [9.17, 15) is 9.59 Å². The molecule has 0 aliphatic carbocycles. The first kappa shape index (κ1) is 21.8. The third-order valence-corrected chi connectivity index (χ3v) is 5.34. The predicted molar refractivity (Wildman–Crippen MR) is 111 cm³/mol. The van der Waals surface area contributed by atoms with Crippen LogP contribution in [-0.2, 0) is 20.7 Å². The van der Waals surface area contributed by atoms with Crippen molar-refractivity contribution in [2.24, 2.45) is 0 Å². The minimum atomic E-state index is -0.484. The van der Waals surface area contributed by atoms with Crippen molar-refractivity contribution in [3.05, 3.63) is 52.5 Å². The third-order valence-electron chi connectivity index (χ3n) is 5.09. The van der Waals surface area contributed by atoms with Gasteiger partial charge in [0.2, 0.25) is 0 Å². The van der Waals surface area contributed by atoms with Gasteiger partial charge < -0.3 is 23.8 Å². The number of methoxy groups -OCH3 is 3. The number of fused-ring (bicyclic) bond motifs is 1. The molecule has 0 saturated carbocycles. The molecule has 0 bridgehead atoms. The van der Waals surface area contributed by atoms with Crippen LogP contribution in [0.2, 0.25) is 5.02 Å². The second-order valence-corrected chi connectivity index (χ2v) is 7.22. The number of nitrogens with zero attached hydrogens (tertiary/aromatic N) is 1. The lowest BCUT2D eigenvalue weighted by atomic mass is 9.90. The van der Waals surface area contributed by atoms with E-state index in [0.29, 0.717) is 35.2 Å². The summed E-state index contributed by atoms with van der Waals surface area (Å²) in [5.41, 5.74) is 1.84. The summed E-state index contributed by atoms with van der Waals surface area (Å²) in [5.74, 6) is 1.07. The molecule has 8 heteroatoms. The Bertz CT molecular complexity index is 915. The summed E-state index contributed by atoms with van der Waals surface area (Å²) in [6, 6.07) is 10.0. The number of amides is 1. The normalized spacial score (nSPS) is 15.2. The number of hydrogen-bond donors (Lipinski definition) is 0. The zero-order chi connectivity index (χ0) is 21.7. The molecule has 7 nitrogen and oxygen atoms in total. The van der Waals surface area contributed by atoms with E-state index in [2.05, 4.69) is 0 Å². The highest BCUT2D eigenvalue weighted by Gasteiger charge is 2.34. The molecule has 1 aliphatic heterocycles. The Morgan fingerprint density at radius 2 is 1.73 bits per heavy atom. The van der Waals surface area contributed by atoms with Gasteiger partial charge in [-0.2, -0.15) is 0 Å². The topological polar surface area (TPSA) is 74.3 Å². The van der Waals surface area contributed by atoms with Crippen LogP contribution in [0.1, 0.15) is 23.6 Å². The molecule has 1 atom stereocenters. The van der Waals surface area contributed by atoms with Gasteiger partial charge in [-0.05, 0) is 53.9 Å². The van der Waals surface area contributed by atoms with E-state index in [-0.39, 0.29) is 18.9 Å². The molecule has 0 fully saturated rings. The van der Waals surface area contributed by atoms with Crippen molar-refractivity contribution >= 4 is 23.5 Å². The molecule has 1 aliphatic rings. The van der Waals surface area contributed by atoms with Crippen LogP contribution in [0.4, 0.5) is 0 Å². The molecular formula is C22H24ClNO6. The van der Waals surface area contributed by atoms with E-state index >= 15 is 0 Å². The molecule has 160 valence electrons. The number of hydrogen-bond acceptors (Lipinski definition) is 6. The summed E-state index contributed by atoms with van der Waals surface area (Å²) in [4.78, 5) is 26.7. The largest absolute Gasteiger partial charge is 0.493 e. The van der Waals surface area contributed by atoms with Crippen molar-refractivity contribution in [3.63, 3.8) is 0 Å². The van der Waals surface area contributed by atoms with Gasteiger partial charge in [-0.25, -0.2) is 0 Å². The van der Waals surface area contributed by atoms with Crippen molar-refractivity contribution in [2.45, 2.75) is 18.9 Å². The lowest BCUT2D eigenvalue weighted by molar-refractivity contribution is -0.144. The molecule has 3 rings (SSSR count). The molecule has 0 radical (unpaired) electrons. The number of carbonyl (C=O) groups excluding carboxylic acids is 2. The first-order chi connectivity index (χ1) is 14.5. The van der Waals surface area contributed by atoms with Crippen LogP contribution in [0.5, 0.6) is 17.2 Å². The molecule has 0 unspecified atom stereocenters. The summed E-state index contributed by atoms with van der Waals surface area (Å²) in [5, 5.41) is 0.587. The van der Waals surface area contributed by atoms with Crippen LogP contribution in [0.3, 0.4) is 0 Å². The smallest absolute Gasteiger partial charge is 0.307 e. The number of esters is 1. The Hall–Kier alpha value is -2.93. The van der Waals surface area contributed by atoms with Crippen LogP contribution >= 0.6 is 11.6 Å². The van der Waals surface area contributed by atoms with Crippen molar-refractivity contribution < 1.29 is 28.5 Å². The number of halogens is 1. The Balaban J connectivity index is 1.85. The fourth-order valence-corrected chi connectivity index (χ4v) is 3.67. The Kier molecular flexibility index (Phi) is 7.05. The van der Waals surface area contributed by atoms with Gasteiger partial charge in [0.15, 0.2) is 18.1 Å². The van der Waals surface area contributed by atoms with Crippen molar-refractivity contribution in [1.82, 2.24) is 4.90 Å². The summed E-state index contributed by atoms with van der Waals surface area (Å²) < 4.78 is 21.3. The van der Waals surface area contributed by atoms with Crippen LogP contribution in [0.25, 0.3) is 0 Å². The van der Waals surface area contributed by atoms with Gasteiger partial charge in [0.1, 0.15) is 5.75 Å². The molecule has 1 amide bonds. The van der Waals surface area contributed by atoms with Crippen LogP contribution in [0.15, 0.2) is 36.4 Å². The van der Waals surface area contributed by atoms with Gasteiger partial charge in [-0.15, -0.1) is 0 Å². The van der Waals surface area contributed by atoms with Crippen molar-refractivity contribution in [3.8, 4) is 17.2 Å². The third kappa shape index (κ3) is 4.79. The lowest BCUT2D eigenvalue weighted by Crippen LogP contribution is -2.43. The number of ether oxygens (including phenoxy) is 4. The SMILES string of the molecule is COC(=O)C[C@H]1c2cc(OC)c(OC)cc2CCN1C(=O)COc1ccc(Cl)cc1. The molecule has 0 saturated heterocycles. The Labute approximate surface area is 180 Å². The molecule has 1 heterocycles. The number of rotatable bonds is 7. The van der Waals surface area contributed by atoms with E-state index in [1.165, 1.54) is 7.11 Å². The first-order valence-corrected chi connectivity index (χ1v) is 9.84. The van der Waals surface area contributed by atoms with Crippen LogP contribution in [0, 0.1) is 0 Å². The van der Waals surface area contributed by atoms with E-state index < -0.39 is 12.0 Å². The predicted octanol–water partition coefficient (Wildman–Crippen LogP) is 3.43. The maximum Gasteiger partial charge on any atom is 0.307 e. The average Bonchev–Trinajstić information content (AvgIpc) is 2.77. The Morgan fingerprint density at radius 3 is 2.37 bits per heavy atom. The molecular weight excluding hydrogens is 410 g/mol. The highest BCUT2D eigenvalue weighted by Crippen LogP contribution is 2.39. The maximum absolute atomic E-state index is 13.0. The molecule has 30 heavy (non-hydrogen) atoms. The summed E-state index contributed by atoms with van der Waals surface area (Å²) in [7, 11) is 4.45. The number of carbonyl (C=O) groups is 2. The zero-order valence-electron chi connectivity index (χ0n) is 17.1. The first-order valence-electron chi connectivity index (χ1n) is 9.46. The van der Waals surface area contributed by atoms with E-state index in [4.69, 9.17) is 30.5 Å². The summed E-state index contributed by atoms with van der Waals surface area (Å²) in [6.07, 6.45) is 0.658.